The van der Waals surface area contributed by atoms with Crippen LogP contribution in [0.15, 0.2) is 0 Å². The minimum Gasteiger partial charge on any atom is -0.444 e. The summed E-state index contributed by atoms with van der Waals surface area (Å²) in [5.74, 6) is 0. The minimum atomic E-state index is -0.431. The molecular formula is C14H29N3O2. The maximum Gasteiger partial charge on any atom is 0.410 e. The summed E-state index contributed by atoms with van der Waals surface area (Å²) in [5.41, 5.74) is 5.57. The van der Waals surface area contributed by atoms with Gasteiger partial charge >= 0.3 is 6.09 Å². The molecule has 1 aliphatic rings. The van der Waals surface area contributed by atoms with E-state index >= 15 is 0 Å². The molecule has 0 unspecified atom stereocenters. The Bertz CT molecular complexity index is 304. The molecule has 1 amide bonds. The second-order valence-electron chi connectivity index (χ2n) is 6.41. The number of carbonyl (C=O) groups is 1. The van der Waals surface area contributed by atoms with Gasteiger partial charge in [-0.1, -0.05) is 6.92 Å². The molecule has 0 bridgehead atoms. The fourth-order valence-electron chi connectivity index (χ4n) is 2.51. The van der Waals surface area contributed by atoms with E-state index in [2.05, 4.69) is 18.9 Å². The highest BCUT2D eigenvalue weighted by Gasteiger charge is 2.38. The number of likely N-dealkylation sites (tertiary alicyclic amines) is 1. The highest BCUT2D eigenvalue weighted by Crippen LogP contribution is 2.27. The first-order valence-electron chi connectivity index (χ1n) is 7.13. The van der Waals surface area contributed by atoms with Crippen molar-refractivity contribution in [1.82, 2.24) is 9.80 Å². The summed E-state index contributed by atoms with van der Waals surface area (Å²) in [6, 6.07) is 0. The summed E-state index contributed by atoms with van der Waals surface area (Å²) in [7, 11) is 2.11. The van der Waals surface area contributed by atoms with Crippen molar-refractivity contribution in [2.24, 2.45) is 5.73 Å². The number of nitrogens with zero attached hydrogens (tertiary/aromatic N) is 2. The lowest BCUT2D eigenvalue weighted by Gasteiger charge is -2.46. The van der Waals surface area contributed by atoms with Gasteiger partial charge in [-0.25, -0.2) is 4.79 Å². The summed E-state index contributed by atoms with van der Waals surface area (Å²) in [6.45, 7) is 10.9. The normalized spacial score (nSPS) is 19.6. The van der Waals surface area contributed by atoms with Crippen LogP contribution in [0.1, 0.15) is 40.5 Å². The average Bonchev–Trinajstić information content (AvgIpc) is 2.35. The van der Waals surface area contributed by atoms with E-state index in [1.165, 1.54) is 0 Å². The number of amides is 1. The van der Waals surface area contributed by atoms with Gasteiger partial charge in [-0.15, -0.1) is 0 Å². The molecule has 1 heterocycles. The lowest BCUT2D eigenvalue weighted by Crippen LogP contribution is -2.59. The fourth-order valence-corrected chi connectivity index (χ4v) is 2.51. The first kappa shape index (κ1) is 16.2. The van der Waals surface area contributed by atoms with Gasteiger partial charge in [0.25, 0.3) is 0 Å². The third kappa shape index (κ3) is 4.08. The molecule has 1 fully saturated rings. The Morgan fingerprint density at radius 1 is 1.37 bits per heavy atom. The predicted octanol–water partition coefficient (Wildman–Crippen LogP) is 1.67. The van der Waals surface area contributed by atoms with Crippen molar-refractivity contribution in [3.8, 4) is 0 Å². The quantitative estimate of drug-likeness (QED) is 0.848. The van der Waals surface area contributed by atoms with Crippen molar-refractivity contribution in [2.45, 2.75) is 51.7 Å². The van der Waals surface area contributed by atoms with E-state index in [0.717, 1.165) is 32.5 Å². The number of nitrogens with two attached hydrogens (primary N) is 1. The van der Waals surface area contributed by atoms with Gasteiger partial charge < -0.3 is 15.4 Å². The molecule has 5 nitrogen and oxygen atoms in total. The predicted molar refractivity (Wildman–Crippen MR) is 77.1 cm³/mol. The van der Waals surface area contributed by atoms with Gasteiger partial charge in [-0.05, 0) is 47.2 Å². The molecule has 2 N–H and O–H groups in total. The van der Waals surface area contributed by atoms with Crippen LogP contribution in [-0.4, -0.2) is 60.3 Å². The zero-order valence-corrected chi connectivity index (χ0v) is 13.0. The van der Waals surface area contributed by atoms with Crippen LogP contribution >= 0.6 is 0 Å². The molecule has 0 spiro atoms. The summed E-state index contributed by atoms with van der Waals surface area (Å²) in [4.78, 5) is 16.1. The number of ether oxygens (including phenoxy) is 1. The van der Waals surface area contributed by atoms with Gasteiger partial charge in [-0.3, -0.25) is 4.90 Å². The number of likely N-dealkylation sites (N-methyl/N-ethyl adjacent to an activating group) is 1. The van der Waals surface area contributed by atoms with Crippen LogP contribution in [0, 0.1) is 0 Å². The van der Waals surface area contributed by atoms with Gasteiger partial charge in [-0.2, -0.15) is 0 Å². The smallest absolute Gasteiger partial charge is 0.410 e. The number of hydrogen-bond acceptors (Lipinski definition) is 4. The van der Waals surface area contributed by atoms with Gasteiger partial charge in [0.05, 0.1) is 0 Å². The lowest BCUT2D eigenvalue weighted by atomic mass is 9.86. The third-order valence-electron chi connectivity index (χ3n) is 4.01. The molecule has 0 saturated carbocycles. The molecule has 1 saturated heterocycles. The molecule has 19 heavy (non-hydrogen) atoms. The van der Waals surface area contributed by atoms with Gasteiger partial charge in [0.15, 0.2) is 0 Å². The molecule has 5 heteroatoms. The molecule has 0 radical (unpaired) electrons. The fraction of sp³-hybridized carbons (Fsp3) is 0.929. The Labute approximate surface area is 117 Å². The van der Waals surface area contributed by atoms with Crippen molar-refractivity contribution < 1.29 is 9.53 Å². The van der Waals surface area contributed by atoms with Gasteiger partial charge in [0.1, 0.15) is 5.60 Å². The molecule has 112 valence electrons. The highest BCUT2D eigenvalue weighted by atomic mass is 16.6. The maximum absolute atomic E-state index is 12.0. The summed E-state index contributed by atoms with van der Waals surface area (Å²) in [6.07, 6.45) is 1.61. The summed E-state index contributed by atoms with van der Waals surface area (Å²) < 4.78 is 5.41. The largest absolute Gasteiger partial charge is 0.444 e. The molecule has 0 aromatic heterocycles. The number of hydrogen-bond donors (Lipinski definition) is 1. The minimum absolute atomic E-state index is 0.0350. The van der Waals surface area contributed by atoms with Crippen LogP contribution in [0.5, 0.6) is 0 Å². The molecule has 0 aromatic rings. The molecule has 1 rings (SSSR count). The van der Waals surface area contributed by atoms with E-state index < -0.39 is 5.60 Å². The van der Waals surface area contributed by atoms with Gasteiger partial charge in [0.2, 0.25) is 0 Å². The van der Waals surface area contributed by atoms with E-state index in [-0.39, 0.29) is 11.6 Å². The Hall–Kier alpha value is -0.810. The zero-order chi connectivity index (χ0) is 14.7. The van der Waals surface area contributed by atoms with Crippen LogP contribution in [0.25, 0.3) is 0 Å². The molecule has 1 aliphatic heterocycles. The Balaban J connectivity index is 2.59. The van der Waals surface area contributed by atoms with Crippen molar-refractivity contribution in [2.75, 3.05) is 33.2 Å². The maximum atomic E-state index is 12.0. The van der Waals surface area contributed by atoms with E-state index in [9.17, 15) is 4.79 Å². The summed E-state index contributed by atoms with van der Waals surface area (Å²) in [5, 5.41) is 0. The van der Waals surface area contributed by atoms with E-state index in [1.807, 2.05) is 20.8 Å². The van der Waals surface area contributed by atoms with Crippen molar-refractivity contribution in [1.29, 1.82) is 0 Å². The molecule has 0 aromatic carbocycles. The standard InChI is InChI=1S/C14H29N3O2/c1-6-16(5)14(11-15)7-9-17(10-8-14)12(18)19-13(2,3)4/h6-11,15H2,1-5H3. The van der Waals surface area contributed by atoms with Crippen LogP contribution < -0.4 is 5.73 Å². The average molecular weight is 271 g/mol. The molecular weight excluding hydrogens is 242 g/mol. The SMILES string of the molecule is CCN(C)C1(CN)CCN(C(=O)OC(C)(C)C)CC1. The zero-order valence-electron chi connectivity index (χ0n) is 13.0. The van der Waals surface area contributed by atoms with Crippen LogP contribution in [0.3, 0.4) is 0 Å². The second kappa shape index (κ2) is 6.09. The van der Waals surface area contributed by atoms with Crippen LogP contribution in [0.2, 0.25) is 0 Å². The second-order valence-corrected chi connectivity index (χ2v) is 6.41. The summed E-state index contributed by atoms with van der Waals surface area (Å²) >= 11 is 0. The Morgan fingerprint density at radius 3 is 2.26 bits per heavy atom. The topological polar surface area (TPSA) is 58.8 Å². The van der Waals surface area contributed by atoms with E-state index in [0.29, 0.717) is 6.54 Å². The number of piperidine rings is 1. The van der Waals surface area contributed by atoms with Crippen molar-refractivity contribution in [3.05, 3.63) is 0 Å². The van der Waals surface area contributed by atoms with Crippen LogP contribution in [-0.2, 0) is 4.74 Å². The van der Waals surface area contributed by atoms with E-state index in [1.54, 1.807) is 4.90 Å². The van der Waals surface area contributed by atoms with Gasteiger partial charge in [0, 0.05) is 25.2 Å². The molecule has 0 aliphatic carbocycles. The first-order chi connectivity index (χ1) is 8.74. The van der Waals surface area contributed by atoms with Crippen molar-refractivity contribution >= 4 is 6.09 Å². The lowest BCUT2D eigenvalue weighted by molar-refractivity contribution is 0.00182. The first-order valence-corrected chi connectivity index (χ1v) is 7.13. The monoisotopic (exact) mass is 271 g/mol. The Morgan fingerprint density at radius 2 is 1.89 bits per heavy atom. The third-order valence-corrected chi connectivity index (χ3v) is 4.01. The highest BCUT2D eigenvalue weighted by molar-refractivity contribution is 5.68. The number of carbonyl (C=O) groups excluding carboxylic acids is 1. The Kier molecular flexibility index (Phi) is 5.21. The molecule has 0 atom stereocenters. The number of rotatable bonds is 3. The van der Waals surface area contributed by atoms with E-state index in [4.69, 9.17) is 10.5 Å². The van der Waals surface area contributed by atoms with Crippen LogP contribution in [0.4, 0.5) is 4.79 Å². The van der Waals surface area contributed by atoms with Crippen molar-refractivity contribution in [3.63, 3.8) is 0 Å².